The van der Waals surface area contributed by atoms with Gasteiger partial charge in [0.25, 0.3) is 0 Å². The van der Waals surface area contributed by atoms with Crippen LogP contribution < -0.4 is 10.1 Å². The molecule has 0 bridgehead atoms. The maximum Gasteiger partial charge on any atom is 0.176 e. The lowest BCUT2D eigenvalue weighted by Crippen LogP contribution is -2.33. The van der Waals surface area contributed by atoms with Gasteiger partial charge in [-0.2, -0.15) is 0 Å². The Labute approximate surface area is 113 Å². The van der Waals surface area contributed by atoms with Crippen LogP contribution in [0.2, 0.25) is 0 Å². The van der Waals surface area contributed by atoms with E-state index in [1.165, 1.54) is 5.56 Å². The average Bonchev–Trinajstić information content (AvgIpc) is 2.75. The molecule has 0 unspecified atom stereocenters. The van der Waals surface area contributed by atoms with Crippen molar-refractivity contribution in [2.75, 3.05) is 39.3 Å². The summed E-state index contributed by atoms with van der Waals surface area (Å²) in [6.07, 6.45) is 2.04. The van der Waals surface area contributed by atoms with Gasteiger partial charge in [-0.25, -0.2) is 0 Å². The largest absolute Gasteiger partial charge is 0.493 e. The van der Waals surface area contributed by atoms with Gasteiger partial charge in [0.1, 0.15) is 5.75 Å². The number of fused-ring (bicyclic) bond motifs is 1. The van der Waals surface area contributed by atoms with Crippen molar-refractivity contribution in [3.8, 4) is 5.75 Å². The lowest BCUT2D eigenvalue weighted by molar-refractivity contribution is 0.0935. The van der Waals surface area contributed by atoms with Gasteiger partial charge in [-0.3, -0.25) is 9.69 Å². The Hall–Kier alpha value is -1.39. The number of nitrogens with zero attached hydrogens (tertiary/aromatic N) is 1. The van der Waals surface area contributed by atoms with Crippen molar-refractivity contribution in [1.29, 1.82) is 0 Å². The van der Waals surface area contributed by atoms with Gasteiger partial charge in [0.2, 0.25) is 0 Å². The van der Waals surface area contributed by atoms with Crippen LogP contribution in [0.4, 0.5) is 0 Å². The zero-order valence-corrected chi connectivity index (χ0v) is 11.2. The van der Waals surface area contributed by atoms with Gasteiger partial charge in [0.05, 0.1) is 13.2 Å². The third-order valence-electron chi connectivity index (χ3n) is 3.81. The third-order valence-corrected chi connectivity index (χ3v) is 3.81. The normalized spacial score (nSPS) is 19.6. The van der Waals surface area contributed by atoms with Crippen molar-refractivity contribution in [3.63, 3.8) is 0 Å². The van der Waals surface area contributed by atoms with Crippen LogP contribution in [0.25, 0.3) is 0 Å². The maximum absolute atomic E-state index is 12.3. The second-order valence-electron chi connectivity index (χ2n) is 5.22. The molecule has 1 saturated heterocycles. The van der Waals surface area contributed by atoms with Crippen molar-refractivity contribution in [1.82, 2.24) is 10.2 Å². The third kappa shape index (κ3) is 2.96. The molecule has 0 saturated carbocycles. The second kappa shape index (κ2) is 5.72. The molecule has 4 nitrogen and oxygen atoms in total. The molecule has 0 spiro atoms. The highest BCUT2D eigenvalue weighted by Crippen LogP contribution is 2.26. The number of rotatable bonds is 3. The molecule has 4 heteroatoms. The number of hydrogen-bond donors (Lipinski definition) is 1. The Morgan fingerprint density at radius 1 is 1.32 bits per heavy atom. The first-order chi connectivity index (χ1) is 9.33. The molecule has 1 N–H and O–H groups in total. The standard InChI is InChI=1S/C15H20N2O2/c18-14(11-17-7-1-5-16-6-8-17)12-2-3-15-13(10-12)4-9-19-15/h2-3,10,16H,1,4-9,11H2. The van der Waals surface area contributed by atoms with E-state index in [4.69, 9.17) is 4.74 Å². The van der Waals surface area contributed by atoms with Crippen molar-refractivity contribution in [2.24, 2.45) is 0 Å². The summed E-state index contributed by atoms with van der Waals surface area (Å²) in [5, 5.41) is 3.35. The predicted octanol–water partition coefficient (Wildman–Crippen LogP) is 1.10. The molecule has 0 radical (unpaired) electrons. The smallest absolute Gasteiger partial charge is 0.176 e. The predicted molar refractivity (Wildman–Crippen MR) is 73.9 cm³/mol. The topological polar surface area (TPSA) is 41.6 Å². The Morgan fingerprint density at radius 3 is 3.21 bits per heavy atom. The van der Waals surface area contributed by atoms with E-state index in [1.807, 2.05) is 18.2 Å². The van der Waals surface area contributed by atoms with Crippen molar-refractivity contribution < 1.29 is 9.53 Å². The zero-order valence-electron chi connectivity index (χ0n) is 11.2. The van der Waals surface area contributed by atoms with Crippen LogP contribution in [0, 0.1) is 0 Å². The highest BCUT2D eigenvalue weighted by atomic mass is 16.5. The number of ketones is 1. The number of hydrogen-bond acceptors (Lipinski definition) is 4. The van der Waals surface area contributed by atoms with Crippen LogP contribution >= 0.6 is 0 Å². The molecule has 2 aliphatic heterocycles. The number of Topliss-reactive ketones (excluding diaryl/α,β-unsaturated/α-hetero) is 1. The number of carbonyl (C=O) groups excluding carboxylic acids is 1. The van der Waals surface area contributed by atoms with Crippen LogP contribution in [0.1, 0.15) is 22.3 Å². The summed E-state index contributed by atoms with van der Waals surface area (Å²) in [6, 6.07) is 5.82. The SMILES string of the molecule is O=C(CN1CCCNCC1)c1ccc2c(c1)CCO2. The first-order valence-electron chi connectivity index (χ1n) is 7.05. The molecule has 0 amide bonds. The van der Waals surface area contributed by atoms with E-state index >= 15 is 0 Å². The van der Waals surface area contributed by atoms with Gasteiger partial charge in [0, 0.05) is 25.1 Å². The summed E-state index contributed by atoms with van der Waals surface area (Å²) in [6.45, 7) is 5.27. The molecule has 0 atom stereocenters. The summed E-state index contributed by atoms with van der Waals surface area (Å²) in [5.74, 6) is 1.16. The van der Waals surface area contributed by atoms with E-state index in [0.717, 1.165) is 56.9 Å². The van der Waals surface area contributed by atoms with E-state index in [0.29, 0.717) is 6.54 Å². The Kier molecular flexibility index (Phi) is 3.80. The van der Waals surface area contributed by atoms with Crippen molar-refractivity contribution >= 4 is 5.78 Å². The summed E-state index contributed by atoms with van der Waals surface area (Å²) in [7, 11) is 0. The fourth-order valence-electron chi connectivity index (χ4n) is 2.71. The molecule has 1 aromatic carbocycles. The van der Waals surface area contributed by atoms with Crippen LogP contribution in [0.15, 0.2) is 18.2 Å². The van der Waals surface area contributed by atoms with E-state index < -0.39 is 0 Å². The average molecular weight is 260 g/mol. The molecule has 3 rings (SSSR count). The van der Waals surface area contributed by atoms with Crippen LogP contribution in [0.3, 0.4) is 0 Å². The first kappa shape index (κ1) is 12.6. The Morgan fingerprint density at radius 2 is 2.26 bits per heavy atom. The van der Waals surface area contributed by atoms with Crippen LogP contribution in [-0.4, -0.2) is 50.0 Å². The molecular formula is C15H20N2O2. The molecule has 19 heavy (non-hydrogen) atoms. The summed E-state index contributed by atoms with van der Waals surface area (Å²) in [5.41, 5.74) is 1.99. The van der Waals surface area contributed by atoms with E-state index in [2.05, 4.69) is 10.2 Å². The molecule has 0 aliphatic carbocycles. The van der Waals surface area contributed by atoms with Gasteiger partial charge in [-0.15, -0.1) is 0 Å². The monoisotopic (exact) mass is 260 g/mol. The molecule has 2 heterocycles. The van der Waals surface area contributed by atoms with Gasteiger partial charge in [-0.05, 0) is 43.3 Å². The van der Waals surface area contributed by atoms with Gasteiger partial charge >= 0.3 is 0 Å². The van der Waals surface area contributed by atoms with E-state index in [-0.39, 0.29) is 5.78 Å². The minimum absolute atomic E-state index is 0.219. The van der Waals surface area contributed by atoms with Gasteiger partial charge in [-0.1, -0.05) is 0 Å². The van der Waals surface area contributed by atoms with E-state index in [1.54, 1.807) is 0 Å². The fourth-order valence-corrected chi connectivity index (χ4v) is 2.71. The lowest BCUT2D eigenvalue weighted by Gasteiger charge is -2.18. The number of ether oxygens (including phenoxy) is 1. The number of carbonyl (C=O) groups is 1. The molecule has 2 aliphatic rings. The van der Waals surface area contributed by atoms with E-state index in [9.17, 15) is 4.79 Å². The minimum Gasteiger partial charge on any atom is -0.493 e. The van der Waals surface area contributed by atoms with Gasteiger partial charge in [0.15, 0.2) is 5.78 Å². The number of nitrogens with one attached hydrogen (secondary N) is 1. The maximum atomic E-state index is 12.3. The Balaban J connectivity index is 1.66. The minimum atomic E-state index is 0.219. The highest BCUT2D eigenvalue weighted by molar-refractivity contribution is 5.98. The highest BCUT2D eigenvalue weighted by Gasteiger charge is 2.17. The zero-order chi connectivity index (χ0) is 13.1. The molecular weight excluding hydrogens is 240 g/mol. The van der Waals surface area contributed by atoms with Crippen molar-refractivity contribution in [3.05, 3.63) is 29.3 Å². The fraction of sp³-hybridized carbons (Fsp3) is 0.533. The molecule has 0 aromatic heterocycles. The van der Waals surface area contributed by atoms with Crippen LogP contribution in [0.5, 0.6) is 5.75 Å². The molecule has 1 aromatic rings. The van der Waals surface area contributed by atoms with Crippen LogP contribution in [-0.2, 0) is 6.42 Å². The lowest BCUT2D eigenvalue weighted by atomic mass is 10.1. The first-order valence-corrected chi connectivity index (χ1v) is 7.05. The van der Waals surface area contributed by atoms with Gasteiger partial charge < -0.3 is 10.1 Å². The van der Waals surface area contributed by atoms with Crippen molar-refractivity contribution in [2.45, 2.75) is 12.8 Å². The second-order valence-corrected chi connectivity index (χ2v) is 5.22. The molecule has 1 fully saturated rings. The molecule has 102 valence electrons. The summed E-state index contributed by atoms with van der Waals surface area (Å²) in [4.78, 5) is 14.6. The number of benzene rings is 1. The quantitative estimate of drug-likeness (QED) is 0.826. The summed E-state index contributed by atoms with van der Waals surface area (Å²) < 4.78 is 5.47. The summed E-state index contributed by atoms with van der Waals surface area (Å²) >= 11 is 0. The Bertz CT molecular complexity index is 465.